The maximum atomic E-state index is 12.2. The molecule has 2 heterocycles. The highest BCUT2D eigenvalue weighted by atomic mass is 35.5. The molecular weight excluding hydrogens is 262 g/mol. The van der Waals surface area contributed by atoms with E-state index in [1.54, 1.807) is 4.90 Å². The van der Waals surface area contributed by atoms with Crippen LogP contribution in [0.3, 0.4) is 0 Å². The molecule has 1 fully saturated rings. The minimum absolute atomic E-state index is 0.156. The predicted molar refractivity (Wildman–Crippen MR) is 65.5 cm³/mol. The summed E-state index contributed by atoms with van der Waals surface area (Å²) in [5, 5.41) is 0.838. The van der Waals surface area contributed by atoms with Gasteiger partial charge in [-0.1, -0.05) is 23.4 Å². The van der Waals surface area contributed by atoms with Crippen molar-refractivity contribution < 1.29 is 9.53 Å². The van der Waals surface area contributed by atoms with E-state index in [0.29, 0.717) is 36.5 Å². The highest BCUT2D eigenvalue weighted by Gasteiger charge is 2.22. The van der Waals surface area contributed by atoms with Crippen LogP contribution in [0.5, 0.6) is 0 Å². The lowest BCUT2D eigenvalue weighted by Gasteiger charge is -2.26. The van der Waals surface area contributed by atoms with Crippen LogP contribution in [0.25, 0.3) is 0 Å². The first-order valence-electron chi connectivity index (χ1n) is 5.16. The lowest BCUT2D eigenvalue weighted by atomic mass is 10.3. The summed E-state index contributed by atoms with van der Waals surface area (Å²) in [6.07, 6.45) is 3.32. The van der Waals surface area contributed by atoms with Gasteiger partial charge in [0.15, 0.2) is 10.9 Å². The summed E-state index contributed by atoms with van der Waals surface area (Å²) >= 11 is 7.33. The Morgan fingerprint density at radius 2 is 2.24 bits per heavy atom. The molecule has 17 heavy (non-hydrogen) atoms. The lowest BCUT2D eigenvalue weighted by molar-refractivity contribution is 0.0298. The Bertz CT molecular complexity index is 424. The minimum Gasteiger partial charge on any atom is -0.378 e. The van der Waals surface area contributed by atoms with E-state index in [4.69, 9.17) is 16.3 Å². The van der Waals surface area contributed by atoms with Gasteiger partial charge in [-0.2, -0.15) is 0 Å². The van der Waals surface area contributed by atoms with Gasteiger partial charge < -0.3 is 9.64 Å². The average Bonchev–Trinajstić information content (AvgIpc) is 2.39. The summed E-state index contributed by atoms with van der Waals surface area (Å²) in [4.78, 5) is 22.0. The molecule has 1 aromatic heterocycles. The number of hydrogen-bond donors (Lipinski definition) is 0. The average molecular weight is 274 g/mol. The summed E-state index contributed by atoms with van der Waals surface area (Å²) in [7, 11) is 0. The second kappa shape index (κ2) is 5.66. The predicted octanol–water partition coefficient (Wildman–Crippen LogP) is 1.32. The quantitative estimate of drug-likeness (QED) is 0.601. The first kappa shape index (κ1) is 12.6. The summed E-state index contributed by atoms with van der Waals surface area (Å²) in [6.45, 7) is 2.27. The third kappa shape index (κ3) is 2.88. The molecule has 92 valence electrons. The van der Waals surface area contributed by atoms with E-state index in [1.807, 2.05) is 6.26 Å². The van der Waals surface area contributed by atoms with Gasteiger partial charge >= 0.3 is 0 Å². The van der Waals surface area contributed by atoms with E-state index >= 15 is 0 Å². The van der Waals surface area contributed by atoms with Gasteiger partial charge in [0.1, 0.15) is 0 Å². The van der Waals surface area contributed by atoms with E-state index in [9.17, 15) is 4.79 Å². The van der Waals surface area contributed by atoms with Crippen molar-refractivity contribution in [2.24, 2.45) is 0 Å². The second-order valence-corrected chi connectivity index (χ2v) is 4.64. The van der Waals surface area contributed by atoms with Crippen molar-refractivity contribution in [2.75, 3.05) is 32.6 Å². The molecule has 0 radical (unpaired) electrons. The number of ether oxygens (including phenoxy) is 1. The number of carbonyl (C=O) groups excluding carboxylic acids is 1. The maximum absolute atomic E-state index is 12.2. The Kier molecular flexibility index (Phi) is 4.20. The molecule has 2 rings (SSSR count). The van der Waals surface area contributed by atoms with Gasteiger partial charge in [0.05, 0.1) is 24.4 Å². The molecule has 0 N–H and O–H groups in total. The fraction of sp³-hybridized carbons (Fsp3) is 0.500. The molecule has 1 aliphatic rings. The molecule has 0 saturated carbocycles. The van der Waals surface area contributed by atoms with E-state index in [0.717, 1.165) is 0 Å². The Morgan fingerprint density at radius 3 is 2.88 bits per heavy atom. The molecule has 5 nitrogen and oxygen atoms in total. The van der Waals surface area contributed by atoms with E-state index in [2.05, 4.69) is 9.97 Å². The summed E-state index contributed by atoms with van der Waals surface area (Å²) in [5.74, 6) is -0.156. The largest absolute Gasteiger partial charge is 0.378 e. The Balaban J connectivity index is 2.22. The van der Waals surface area contributed by atoms with Crippen molar-refractivity contribution in [3.05, 3.63) is 16.9 Å². The van der Waals surface area contributed by atoms with Crippen LogP contribution in [0.4, 0.5) is 0 Å². The fourth-order valence-electron chi connectivity index (χ4n) is 1.52. The van der Waals surface area contributed by atoms with Crippen LogP contribution in [0.15, 0.2) is 11.4 Å². The van der Waals surface area contributed by atoms with Crippen LogP contribution in [0.1, 0.15) is 10.5 Å². The van der Waals surface area contributed by atoms with E-state index in [1.165, 1.54) is 18.0 Å². The second-order valence-electron chi connectivity index (χ2n) is 3.46. The molecule has 1 aromatic rings. The van der Waals surface area contributed by atoms with Gasteiger partial charge in [-0.3, -0.25) is 4.79 Å². The molecule has 1 saturated heterocycles. The smallest absolute Gasteiger partial charge is 0.274 e. The first-order chi connectivity index (χ1) is 8.22. The van der Waals surface area contributed by atoms with Crippen LogP contribution in [-0.2, 0) is 4.74 Å². The molecule has 0 bridgehead atoms. The lowest BCUT2D eigenvalue weighted by Crippen LogP contribution is -2.41. The molecule has 0 atom stereocenters. The van der Waals surface area contributed by atoms with Crippen molar-refractivity contribution in [3.63, 3.8) is 0 Å². The molecule has 1 amide bonds. The number of aromatic nitrogens is 2. The first-order valence-corrected chi connectivity index (χ1v) is 6.76. The van der Waals surface area contributed by atoms with Crippen LogP contribution >= 0.6 is 23.4 Å². The Hall–Kier alpha value is -0.850. The van der Waals surface area contributed by atoms with Crippen molar-refractivity contribution >= 4 is 29.3 Å². The van der Waals surface area contributed by atoms with Crippen molar-refractivity contribution in [1.82, 2.24) is 14.9 Å². The monoisotopic (exact) mass is 273 g/mol. The number of thioether (sulfide) groups is 1. The van der Waals surface area contributed by atoms with Crippen LogP contribution < -0.4 is 0 Å². The number of hydrogen-bond acceptors (Lipinski definition) is 5. The van der Waals surface area contributed by atoms with Crippen LogP contribution in [0.2, 0.25) is 5.02 Å². The topological polar surface area (TPSA) is 55.3 Å². The molecule has 0 aliphatic carbocycles. The van der Waals surface area contributed by atoms with Gasteiger partial charge in [-0.05, 0) is 6.26 Å². The highest BCUT2D eigenvalue weighted by Crippen LogP contribution is 2.18. The third-order valence-electron chi connectivity index (χ3n) is 2.41. The fourth-order valence-corrected chi connectivity index (χ4v) is 2.03. The van der Waals surface area contributed by atoms with Crippen molar-refractivity contribution in [2.45, 2.75) is 5.16 Å². The number of morpholine rings is 1. The molecule has 7 heteroatoms. The van der Waals surface area contributed by atoms with Crippen molar-refractivity contribution in [3.8, 4) is 0 Å². The standard InChI is InChI=1S/C10H12ClN3O2S/c1-17-10-12-6-7(11)8(13-10)9(15)14-2-4-16-5-3-14/h6H,2-5H2,1H3. The van der Waals surface area contributed by atoms with Gasteiger partial charge in [0.2, 0.25) is 0 Å². The molecule has 0 spiro atoms. The Labute approximate surface area is 109 Å². The minimum atomic E-state index is -0.156. The molecule has 0 aromatic carbocycles. The third-order valence-corrected chi connectivity index (χ3v) is 3.24. The Morgan fingerprint density at radius 1 is 1.53 bits per heavy atom. The maximum Gasteiger partial charge on any atom is 0.274 e. The van der Waals surface area contributed by atoms with Crippen LogP contribution in [0, 0.1) is 0 Å². The number of carbonyl (C=O) groups is 1. The SMILES string of the molecule is CSc1ncc(Cl)c(C(=O)N2CCOCC2)n1. The zero-order valence-electron chi connectivity index (χ0n) is 9.35. The molecular formula is C10H12ClN3O2S. The molecule has 0 unspecified atom stereocenters. The zero-order valence-corrected chi connectivity index (χ0v) is 10.9. The van der Waals surface area contributed by atoms with Gasteiger partial charge in [0.25, 0.3) is 5.91 Å². The van der Waals surface area contributed by atoms with Crippen LogP contribution in [-0.4, -0.2) is 53.3 Å². The van der Waals surface area contributed by atoms with Gasteiger partial charge in [0, 0.05) is 13.1 Å². The summed E-state index contributed by atoms with van der Waals surface area (Å²) in [6, 6.07) is 0. The summed E-state index contributed by atoms with van der Waals surface area (Å²) < 4.78 is 5.20. The van der Waals surface area contributed by atoms with E-state index in [-0.39, 0.29) is 11.6 Å². The van der Waals surface area contributed by atoms with Gasteiger partial charge in [-0.15, -0.1) is 0 Å². The number of nitrogens with zero attached hydrogens (tertiary/aromatic N) is 3. The zero-order chi connectivity index (χ0) is 12.3. The highest BCUT2D eigenvalue weighted by molar-refractivity contribution is 7.98. The normalized spacial score (nSPS) is 16.0. The van der Waals surface area contributed by atoms with E-state index < -0.39 is 0 Å². The summed E-state index contributed by atoms with van der Waals surface area (Å²) in [5.41, 5.74) is 0.271. The molecule has 1 aliphatic heterocycles. The number of halogens is 1. The number of rotatable bonds is 2. The number of amides is 1. The van der Waals surface area contributed by atoms with Gasteiger partial charge in [-0.25, -0.2) is 9.97 Å². The van der Waals surface area contributed by atoms with Crippen molar-refractivity contribution in [1.29, 1.82) is 0 Å².